The lowest BCUT2D eigenvalue weighted by atomic mass is 9.93. The molecule has 4 aromatic heterocycles. The number of hydrogen-bond donors (Lipinski definition) is 2. The number of carbonyl (C=O) groups is 1. The van der Waals surface area contributed by atoms with Crippen LogP contribution in [0.3, 0.4) is 0 Å². The van der Waals surface area contributed by atoms with Crippen molar-refractivity contribution in [2.24, 2.45) is 5.92 Å². The molecule has 0 aliphatic heterocycles. The van der Waals surface area contributed by atoms with Crippen molar-refractivity contribution in [2.45, 2.75) is 56.9 Å². The highest BCUT2D eigenvalue weighted by molar-refractivity contribution is 5.92. The average Bonchev–Trinajstić information content (AvgIpc) is 3.17. The molecule has 4 aromatic rings. The lowest BCUT2D eigenvalue weighted by molar-refractivity contribution is 0.0927. The van der Waals surface area contributed by atoms with E-state index in [9.17, 15) is 4.79 Å². The molecule has 2 saturated carbocycles. The molecule has 2 aliphatic carbocycles. The Kier molecular flexibility index (Phi) is 3.90. The van der Waals surface area contributed by atoms with Crippen molar-refractivity contribution in [3.8, 4) is 0 Å². The number of aromatic amines is 1. The summed E-state index contributed by atoms with van der Waals surface area (Å²) in [6.07, 6.45) is 8.62. The molecule has 30 heavy (non-hydrogen) atoms. The van der Waals surface area contributed by atoms with Gasteiger partial charge in [-0.2, -0.15) is 0 Å². The summed E-state index contributed by atoms with van der Waals surface area (Å²) >= 11 is 0. The molecule has 9 nitrogen and oxygen atoms in total. The Bertz CT molecular complexity index is 1230. The van der Waals surface area contributed by atoms with Crippen molar-refractivity contribution in [2.75, 3.05) is 0 Å². The van der Waals surface area contributed by atoms with E-state index >= 15 is 0 Å². The molecule has 0 bridgehead atoms. The normalized spacial score (nSPS) is 24.1. The van der Waals surface area contributed by atoms with Crippen LogP contribution in [-0.2, 0) is 0 Å². The third-order valence-corrected chi connectivity index (χ3v) is 6.59. The van der Waals surface area contributed by atoms with Gasteiger partial charge in [0.05, 0.1) is 11.7 Å². The lowest BCUT2D eigenvalue weighted by Gasteiger charge is -2.15. The second-order valence-electron chi connectivity index (χ2n) is 8.53. The van der Waals surface area contributed by atoms with Crippen LogP contribution in [0.2, 0.25) is 0 Å². The van der Waals surface area contributed by atoms with Crippen LogP contribution in [0.25, 0.3) is 16.8 Å². The number of aromatic nitrogens is 6. The third kappa shape index (κ3) is 2.79. The molecule has 0 saturated heterocycles. The quantitative estimate of drug-likeness (QED) is 0.527. The molecule has 0 aromatic carbocycles. The van der Waals surface area contributed by atoms with E-state index in [4.69, 9.17) is 4.52 Å². The van der Waals surface area contributed by atoms with Gasteiger partial charge in [-0.3, -0.25) is 9.20 Å². The Morgan fingerprint density at radius 1 is 1.33 bits per heavy atom. The van der Waals surface area contributed by atoms with Gasteiger partial charge in [-0.25, -0.2) is 4.98 Å². The Balaban J connectivity index is 1.26. The van der Waals surface area contributed by atoms with Crippen LogP contribution in [0.5, 0.6) is 0 Å². The summed E-state index contributed by atoms with van der Waals surface area (Å²) in [5, 5.41) is 16.0. The smallest absolute Gasteiger partial charge is 0.273 e. The maximum absolute atomic E-state index is 12.7. The fourth-order valence-electron chi connectivity index (χ4n) is 4.86. The summed E-state index contributed by atoms with van der Waals surface area (Å²) in [6, 6.07) is 3.86. The fourth-order valence-corrected chi connectivity index (χ4v) is 4.86. The van der Waals surface area contributed by atoms with Gasteiger partial charge in [0.1, 0.15) is 11.6 Å². The second kappa shape index (κ2) is 6.65. The molecule has 6 rings (SSSR count). The first kappa shape index (κ1) is 17.6. The van der Waals surface area contributed by atoms with Gasteiger partial charge in [0.15, 0.2) is 17.0 Å². The maximum atomic E-state index is 12.7. The monoisotopic (exact) mass is 405 g/mol. The fraction of sp³-hybridized carbons (Fsp3) is 0.476. The van der Waals surface area contributed by atoms with E-state index in [1.807, 2.05) is 12.3 Å². The summed E-state index contributed by atoms with van der Waals surface area (Å²) in [5.41, 5.74) is 2.91. The Labute approximate surface area is 172 Å². The second-order valence-corrected chi connectivity index (χ2v) is 8.53. The van der Waals surface area contributed by atoms with Gasteiger partial charge in [0, 0.05) is 30.1 Å². The Hall–Kier alpha value is -3.23. The van der Waals surface area contributed by atoms with Crippen LogP contribution in [0, 0.1) is 5.92 Å². The van der Waals surface area contributed by atoms with Crippen LogP contribution in [-0.4, -0.2) is 41.7 Å². The van der Waals surface area contributed by atoms with Crippen LogP contribution >= 0.6 is 0 Å². The van der Waals surface area contributed by atoms with E-state index in [1.54, 1.807) is 12.3 Å². The van der Waals surface area contributed by atoms with Crippen LogP contribution in [0.4, 0.5) is 0 Å². The summed E-state index contributed by atoms with van der Waals surface area (Å²) in [5.74, 6) is 2.70. The standard InChI is InChI=1S/C21H23N7O2/c1-2-11-7-13(24-21(29)15-9-17(30-27-15)12-3-4-12)8-14(11)20-26-25-18-10-23-19-16(28(18)20)5-6-22-19/h5-6,9-14,22H,2-4,7-8H2,1H3,(H,24,29)/t11-,13+,14+/m1/s1. The van der Waals surface area contributed by atoms with Crippen molar-refractivity contribution in [3.63, 3.8) is 0 Å². The Morgan fingerprint density at radius 2 is 2.23 bits per heavy atom. The van der Waals surface area contributed by atoms with Crippen molar-refractivity contribution < 1.29 is 9.32 Å². The molecule has 9 heteroatoms. The summed E-state index contributed by atoms with van der Waals surface area (Å²) in [7, 11) is 0. The van der Waals surface area contributed by atoms with Crippen LogP contribution in [0.15, 0.2) is 29.0 Å². The zero-order valence-corrected chi connectivity index (χ0v) is 16.7. The van der Waals surface area contributed by atoms with Gasteiger partial charge in [0.25, 0.3) is 5.91 Å². The first-order valence-electron chi connectivity index (χ1n) is 10.7. The number of nitrogens with one attached hydrogen (secondary N) is 2. The van der Waals surface area contributed by atoms with E-state index < -0.39 is 0 Å². The number of rotatable bonds is 5. The predicted octanol–water partition coefficient (Wildman–Crippen LogP) is 3.17. The largest absolute Gasteiger partial charge is 0.360 e. The topological polar surface area (TPSA) is 114 Å². The highest BCUT2D eigenvalue weighted by atomic mass is 16.5. The van der Waals surface area contributed by atoms with Crippen molar-refractivity contribution in [1.29, 1.82) is 0 Å². The lowest BCUT2D eigenvalue weighted by Crippen LogP contribution is -2.33. The molecule has 0 radical (unpaired) electrons. The third-order valence-electron chi connectivity index (χ3n) is 6.59. The average molecular weight is 405 g/mol. The maximum Gasteiger partial charge on any atom is 0.273 e. The first-order valence-corrected chi connectivity index (χ1v) is 10.7. The number of H-pyrrole nitrogens is 1. The van der Waals surface area contributed by atoms with Gasteiger partial charge in [-0.1, -0.05) is 18.5 Å². The predicted molar refractivity (Wildman–Crippen MR) is 108 cm³/mol. The number of fused-ring (bicyclic) bond motifs is 3. The molecule has 0 unspecified atom stereocenters. The molecular formula is C21H23N7O2. The van der Waals surface area contributed by atoms with Gasteiger partial charge < -0.3 is 14.8 Å². The van der Waals surface area contributed by atoms with Gasteiger partial charge in [0.2, 0.25) is 0 Å². The van der Waals surface area contributed by atoms with E-state index in [-0.39, 0.29) is 17.9 Å². The summed E-state index contributed by atoms with van der Waals surface area (Å²) in [6.45, 7) is 2.19. The molecule has 154 valence electrons. The van der Waals surface area contributed by atoms with Gasteiger partial charge in [-0.05, 0) is 37.7 Å². The minimum atomic E-state index is -0.158. The van der Waals surface area contributed by atoms with E-state index in [1.165, 1.54) is 0 Å². The number of carbonyl (C=O) groups excluding carboxylic acids is 1. The zero-order valence-electron chi connectivity index (χ0n) is 16.7. The number of hydrogen-bond acceptors (Lipinski definition) is 6. The molecule has 4 heterocycles. The van der Waals surface area contributed by atoms with Crippen molar-refractivity contribution >= 4 is 22.7 Å². The molecular weight excluding hydrogens is 382 g/mol. The van der Waals surface area contributed by atoms with E-state index in [0.717, 1.165) is 60.5 Å². The highest BCUT2D eigenvalue weighted by Crippen LogP contribution is 2.42. The van der Waals surface area contributed by atoms with E-state index in [2.05, 4.69) is 42.0 Å². The van der Waals surface area contributed by atoms with Crippen LogP contribution in [0.1, 0.15) is 72.9 Å². The Morgan fingerprint density at radius 3 is 3.07 bits per heavy atom. The first-order chi connectivity index (χ1) is 14.7. The molecule has 0 spiro atoms. The molecule has 1 amide bonds. The zero-order chi connectivity index (χ0) is 20.2. The van der Waals surface area contributed by atoms with Crippen molar-refractivity contribution in [1.82, 2.24) is 35.0 Å². The number of nitrogens with zero attached hydrogens (tertiary/aromatic N) is 5. The van der Waals surface area contributed by atoms with Crippen LogP contribution < -0.4 is 5.32 Å². The van der Waals surface area contributed by atoms with Crippen molar-refractivity contribution in [3.05, 3.63) is 41.8 Å². The summed E-state index contributed by atoms with van der Waals surface area (Å²) in [4.78, 5) is 20.3. The minimum Gasteiger partial charge on any atom is -0.360 e. The molecule has 2 aliphatic rings. The SMILES string of the molecule is CC[C@@H]1C[C@H](NC(=O)c2cc(C3CC3)on2)C[C@@H]1c1nnc2cnc3[nH]ccc3n12. The summed E-state index contributed by atoms with van der Waals surface area (Å²) < 4.78 is 7.43. The molecule has 2 N–H and O–H groups in total. The van der Waals surface area contributed by atoms with Gasteiger partial charge >= 0.3 is 0 Å². The van der Waals surface area contributed by atoms with Gasteiger partial charge in [-0.15, -0.1) is 10.2 Å². The minimum absolute atomic E-state index is 0.0735. The van der Waals surface area contributed by atoms with E-state index in [0.29, 0.717) is 17.5 Å². The highest BCUT2D eigenvalue weighted by Gasteiger charge is 2.38. The molecule has 3 atom stereocenters. The molecule has 2 fully saturated rings. The number of amides is 1.